The van der Waals surface area contributed by atoms with Crippen molar-refractivity contribution in [3.8, 4) is 0 Å². The lowest BCUT2D eigenvalue weighted by Gasteiger charge is -2.34. The molecule has 0 aliphatic heterocycles. The van der Waals surface area contributed by atoms with Crippen LogP contribution in [0.15, 0.2) is 36.4 Å². The van der Waals surface area contributed by atoms with Gasteiger partial charge in [-0.1, -0.05) is 24.3 Å². The van der Waals surface area contributed by atoms with Crippen LogP contribution in [0.1, 0.15) is 48.3 Å². The number of nitrogens with zero attached hydrogens (tertiary/aromatic N) is 2. The Morgan fingerprint density at radius 2 is 1.33 bits per heavy atom. The van der Waals surface area contributed by atoms with E-state index in [0.717, 1.165) is 7.05 Å². The molecular weight excluding hydrogens is 380 g/mol. The fraction of sp³-hybridized carbons (Fsp3) is 0.391. The number of carbonyl (C=O) groups excluding carboxylic acids is 2. The normalized spacial score (nSPS) is 21.3. The molecule has 2 N–H and O–H groups in total. The Balaban J connectivity index is 2.00. The van der Waals surface area contributed by atoms with Gasteiger partial charge in [-0.05, 0) is 12.1 Å². The molecule has 2 aromatic carbocycles. The number of rotatable bonds is 8. The molecule has 7 heteroatoms. The average molecular weight is 424 g/mol. The van der Waals surface area contributed by atoms with Crippen LogP contribution in [0.4, 0.5) is 11.4 Å². The molecule has 0 fully saturated rings. The molecule has 0 spiro atoms. The van der Waals surface area contributed by atoms with Crippen molar-refractivity contribution in [1.29, 1.82) is 0 Å². The molecule has 0 heterocycles. The molecular formula is C23H31N4O3+. The maximum atomic E-state index is 13.6. The lowest BCUT2D eigenvalue weighted by Crippen LogP contribution is -2.39. The predicted molar refractivity (Wildman–Crippen MR) is 120 cm³/mol. The van der Waals surface area contributed by atoms with Gasteiger partial charge in [0.15, 0.2) is 11.6 Å². The summed E-state index contributed by atoms with van der Waals surface area (Å²) in [6.45, 7) is -14.6. The number of benzene rings is 2. The van der Waals surface area contributed by atoms with Gasteiger partial charge in [0, 0.05) is 22.5 Å². The van der Waals surface area contributed by atoms with E-state index in [1.165, 1.54) is 24.3 Å². The molecule has 1 aliphatic carbocycles. The number of hydrogen-bond acceptors (Lipinski definition) is 5. The molecule has 7 nitrogen and oxygen atoms in total. The zero-order valence-corrected chi connectivity index (χ0v) is 16.4. The molecule has 0 amide bonds. The van der Waals surface area contributed by atoms with Crippen LogP contribution in [0, 0.1) is 5.21 Å². The van der Waals surface area contributed by atoms with Crippen molar-refractivity contribution in [1.82, 2.24) is 0 Å². The van der Waals surface area contributed by atoms with Gasteiger partial charge in [0.05, 0.1) is 88.7 Å². The first kappa shape index (κ1) is 11.0. The number of carbonyl (C=O) groups is 2. The molecule has 2 aromatic rings. The molecule has 0 saturated carbocycles. The largest absolute Gasteiger partial charge is 0.633 e. The number of hydrogen-bond donors (Lipinski definition) is 2. The molecule has 0 radical (unpaired) electrons. The van der Waals surface area contributed by atoms with Crippen molar-refractivity contribution >= 4 is 22.9 Å². The molecule has 1 aliphatic rings. The van der Waals surface area contributed by atoms with E-state index >= 15 is 0 Å². The van der Waals surface area contributed by atoms with Crippen LogP contribution < -0.4 is 10.6 Å². The molecule has 0 atom stereocenters. The fourth-order valence-corrected chi connectivity index (χ4v) is 3.28. The van der Waals surface area contributed by atoms with Crippen LogP contribution >= 0.6 is 0 Å². The summed E-state index contributed by atoms with van der Waals surface area (Å²) in [4.78, 5) is 27.2. The van der Waals surface area contributed by atoms with Gasteiger partial charge in [0.25, 0.3) is 0 Å². The first-order chi connectivity index (χ1) is 19.0. The van der Waals surface area contributed by atoms with Crippen LogP contribution in [0.2, 0.25) is 0 Å². The second-order valence-electron chi connectivity index (χ2n) is 7.35. The first-order valence-electron chi connectivity index (χ1n) is 15.3. The minimum Gasteiger partial charge on any atom is -0.633 e. The molecule has 0 saturated heterocycles. The summed E-state index contributed by atoms with van der Waals surface area (Å²) in [6, 6.07) is 8.78. The zero-order valence-electron chi connectivity index (χ0n) is 28.4. The molecule has 160 valence electrons. The molecule has 3 rings (SSSR count). The lowest BCUT2D eigenvalue weighted by molar-refractivity contribution is -0.868. The van der Waals surface area contributed by atoms with E-state index in [0.29, 0.717) is 0 Å². The second-order valence-corrected chi connectivity index (χ2v) is 7.35. The van der Waals surface area contributed by atoms with Crippen LogP contribution in [-0.2, 0) is 0 Å². The fourth-order valence-electron chi connectivity index (χ4n) is 3.28. The maximum absolute atomic E-state index is 13.6. The van der Waals surface area contributed by atoms with Gasteiger partial charge in [0.2, 0.25) is 0 Å². The summed E-state index contributed by atoms with van der Waals surface area (Å²) in [5.74, 6) is -1.14. The summed E-state index contributed by atoms with van der Waals surface area (Å²) in [5.41, 5.74) is 0.111. The zero-order chi connectivity index (χ0) is 32.1. The number of nitrogens with one attached hydrogen (secondary N) is 2. The summed E-state index contributed by atoms with van der Waals surface area (Å²) < 4.78 is 87.4. The van der Waals surface area contributed by atoms with Crippen LogP contribution in [0.3, 0.4) is 0 Å². The van der Waals surface area contributed by atoms with E-state index in [4.69, 9.17) is 16.4 Å². The van der Waals surface area contributed by atoms with Crippen molar-refractivity contribution in [3.63, 3.8) is 0 Å². The van der Waals surface area contributed by atoms with E-state index in [-0.39, 0.29) is 40.2 Å². The quantitative estimate of drug-likeness (QED) is 0.430. The van der Waals surface area contributed by atoms with Gasteiger partial charge in [-0.15, -0.1) is 0 Å². The second kappa shape index (κ2) is 8.18. The van der Waals surface area contributed by atoms with Gasteiger partial charge in [-0.2, -0.15) is 0 Å². The molecule has 0 unspecified atom stereocenters. The number of hydroxylamine groups is 3. The topological polar surface area (TPSA) is 81.3 Å². The first-order valence-corrected chi connectivity index (χ1v) is 9.26. The predicted octanol–water partition coefficient (Wildman–Crippen LogP) is 2.57. The van der Waals surface area contributed by atoms with Gasteiger partial charge in [-0.25, -0.2) is 0 Å². The van der Waals surface area contributed by atoms with E-state index < -0.39 is 68.2 Å². The van der Waals surface area contributed by atoms with E-state index in [1.807, 2.05) is 0 Å². The lowest BCUT2D eigenvalue weighted by atomic mass is 9.82. The summed E-state index contributed by atoms with van der Waals surface area (Å²) in [7, 11) is 1.07. The number of anilines is 2. The molecule has 0 bridgehead atoms. The Bertz CT molecular complexity index is 1240. The minimum atomic E-state index is -3.42. The van der Waals surface area contributed by atoms with E-state index in [2.05, 4.69) is 10.6 Å². The monoisotopic (exact) mass is 423 g/mol. The highest BCUT2D eigenvalue weighted by Crippen LogP contribution is 2.36. The third kappa shape index (κ3) is 4.87. The summed E-state index contributed by atoms with van der Waals surface area (Å²) in [5, 5.41) is 18.5. The van der Waals surface area contributed by atoms with Gasteiger partial charge < -0.3 is 25.0 Å². The van der Waals surface area contributed by atoms with Crippen molar-refractivity contribution < 1.29 is 35.2 Å². The summed E-state index contributed by atoms with van der Waals surface area (Å²) >= 11 is 0. The maximum Gasteiger partial charge on any atom is 0.196 e. The smallest absolute Gasteiger partial charge is 0.196 e. The molecule has 30 heavy (non-hydrogen) atoms. The van der Waals surface area contributed by atoms with Crippen molar-refractivity contribution in [3.05, 3.63) is 63.9 Å². The van der Waals surface area contributed by atoms with Crippen molar-refractivity contribution in [2.24, 2.45) is 0 Å². The number of likely N-dealkylation sites (N-methyl/N-ethyl adjacent to an activating group) is 2. The Morgan fingerprint density at radius 3 is 1.80 bits per heavy atom. The standard InChI is InChI=1S/C23H30N4O3/c1-26(2,3)14-12-24-18-10-11-19(25-13-15-27(4,5)30)21-20(18)22(28)16-8-6-7-9-17(16)23(21)29/h6-11H,12-15H2,1-5H3,(H-,24,25,28,29)/p+1/i1D3,2D3,4D3,5D3. The number of ketones is 2. The minimum absolute atomic E-state index is 0.0386. The highest BCUT2D eigenvalue weighted by Gasteiger charge is 2.33. The molecule has 0 aromatic heterocycles. The Kier molecular flexibility index (Phi) is 3.01. The Hall–Kier alpha value is -2.74. The third-order valence-corrected chi connectivity index (χ3v) is 4.69. The third-order valence-electron chi connectivity index (χ3n) is 4.69. The SMILES string of the molecule is [2H]C([2H])([2H])[N+](C)(CCNc1ccc(NCC[N+]([O-])(C([2H])([2H])[2H])C([2H])([2H])[2H])c2c1C(=O)c1ccccc1C2=O)C([2H])([2H])[2H]. The van der Waals surface area contributed by atoms with E-state index in [9.17, 15) is 14.8 Å². The van der Waals surface area contributed by atoms with Crippen molar-refractivity contribution in [2.45, 2.75) is 0 Å². The van der Waals surface area contributed by atoms with Crippen LogP contribution in [-0.4, -0.2) is 81.8 Å². The van der Waals surface area contributed by atoms with Crippen molar-refractivity contribution in [2.75, 3.05) is 71.8 Å². The Morgan fingerprint density at radius 1 is 0.833 bits per heavy atom. The van der Waals surface area contributed by atoms with Gasteiger partial charge in [0.1, 0.15) is 0 Å². The summed E-state index contributed by atoms with van der Waals surface area (Å²) in [6.07, 6.45) is 0. The van der Waals surface area contributed by atoms with E-state index in [1.54, 1.807) is 12.1 Å². The highest BCUT2D eigenvalue weighted by atomic mass is 16.5. The number of fused-ring (bicyclic) bond motifs is 2. The Labute approximate surface area is 194 Å². The average Bonchev–Trinajstić information content (AvgIpc) is 2.84. The van der Waals surface area contributed by atoms with Gasteiger partial charge >= 0.3 is 0 Å². The van der Waals surface area contributed by atoms with Gasteiger partial charge in [-0.3, -0.25) is 9.59 Å². The number of quaternary nitrogens is 2. The van der Waals surface area contributed by atoms with Crippen LogP contribution in [0.5, 0.6) is 0 Å². The van der Waals surface area contributed by atoms with Crippen LogP contribution in [0.25, 0.3) is 0 Å². The highest BCUT2D eigenvalue weighted by molar-refractivity contribution is 6.31.